The number of hydrogen-bond donors (Lipinski definition) is 0. The van der Waals surface area contributed by atoms with Crippen molar-refractivity contribution in [1.29, 1.82) is 0 Å². The Morgan fingerprint density at radius 2 is 1.40 bits per heavy atom. The first-order valence-electron chi connectivity index (χ1n) is 21.5. The Bertz CT molecular complexity index is 2700. The first-order valence-corrected chi connectivity index (χ1v) is 21.5. The van der Waals surface area contributed by atoms with E-state index in [1.165, 1.54) is 102 Å². The van der Waals surface area contributed by atoms with Crippen LogP contribution in [0.5, 0.6) is 0 Å². The second kappa shape index (κ2) is 20.4. The highest BCUT2D eigenvalue weighted by atomic mass is 15.0. The SMILES string of the molecule is C#CCC/C(=C\C)c1ccc(-c2ccc(-n3c(C=C)c(/C=C\C)c4c(-c5ccccc5C)c(C)ccc43)cc2)cc1.CC.Cc1ccc(-c2ccc3c(c2)C=CCC3)cc1. The van der Waals surface area contributed by atoms with Gasteiger partial charge in [0.15, 0.2) is 0 Å². The number of aromatic nitrogens is 1. The van der Waals surface area contributed by atoms with Crippen LogP contribution in [0.4, 0.5) is 0 Å². The summed E-state index contributed by atoms with van der Waals surface area (Å²) in [5.74, 6) is 2.75. The quantitative estimate of drug-likeness (QED) is 0.129. The maximum atomic E-state index is 5.49. The Morgan fingerprint density at radius 3 is 2.05 bits per heavy atom. The fraction of sp³-hybridized carbons (Fsp3) is 0.186. The fourth-order valence-corrected chi connectivity index (χ4v) is 8.24. The molecule has 0 radical (unpaired) electrons. The molecule has 0 amide bonds. The van der Waals surface area contributed by atoms with E-state index in [1.807, 2.05) is 19.9 Å². The van der Waals surface area contributed by atoms with Gasteiger partial charge in [-0.3, -0.25) is 0 Å². The van der Waals surface area contributed by atoms with E-state index in [4.69, 9.17) is 6.42 Å². The molecular weight excluding hydrogens is 723 g/mol. The predicted octanol–water partition coefficient (Wildman–Crippen LogP) is 16.7. The largest absolute Gasteiger partial charge is 0.309 e. The number of rotatable bonds is 9. The van der Waals surface area contributed by atoms with E-state index >= 15 is 0 Å². The lowest BCUT2D eigenvalue weighted by molar-refractivity contribution is 0.986. The van der Waals surface area contributed by atoms with Crippen LogP contribution in [0.2, 0.25) is 0 Å². The summed E-state index contributed by atoms with van der Waals surface area (Å²) in [6.45, 7) is 18.9. The van der Waals surface area contributed by atoms with E-state index in [1.54, 1.807) is 0 Å². The smallest absolute Gasteiger partial charge is 0.0547 e. The first kappa shape index (κ1) is 43.0. The molecule has 0 unspecified atom stereocenters. The van der Waals surface area contributed by atoms with E-state index in [-0.39, 0.29) is 0 Å². The average Bonchev–Trinajstić information content (AvgIpc) is 3.61. The van der Waals surface area contributed by atoms with Gasteiger partial charge in [-0.15, -0.1) is 12.3 Å². The number of fused-ring (bicyclic) bond motifs is 2. The molecule has 0 N–H and O–H groups in total. The predicted molar refractivity (Wildman–Crippen MR) is 265 cm³/mol. The normalized spacial score (nSPS) is 11.9. The maximum absolute atomic E-state index is 5.49. The Labute approximate surface area is 360 Å². The number of allylic oxidation sites excluding steroid dienone is 4. The zero-order chi connectivity index (χ0) is 42.6. The summed E-state index contributed by atoms with van der Waals surface area (Å²) in [5.41, 5.74) is 21.4. The molecule has 0 atom stereocenters. The Balaban J connectivity index is 0.000000263. The zero-order valence-corrected chi connectivity index (χ0v) is 36.6. The molecule has 60 heavy (non-hydrogen) atoms. The van der Waals surface area contributed by atoms with Crippen LogP contribution in [0, 0.1) is 33.1 Å². The summed E-state index contributed by atoms with van der Waals surface area (Å²) >= 11 is 0. The highest BCUT2D eigenvalue weighted by molar-refractivity contribution is 6.06. The summed E-state index contributed by atoms with van der Waals surface area (Å²) in [6, 6.07) is 46.3. The van der Waals surface area contributed by atoms with Crippen LogP contribution in [0.25, 0.3) is 73.8 Å². The zero-order valence-electron chi connectivity index (χ0n) is 36.6. The second-order valence-electron chi connectivity index (χ2n) is 15.2. The molecular formula is C59H59N. The van der Waals surface area contributed by atoms with Crippen molar-refractivity contribution in [2.75, 3.05) is 0 Å². The monoisotopic (exact) mass is 781 g/mol. The molecule has 7 aromatic rings. The van der Waals surface area contributed by atoms with Gasteiger partial charge in [-0.05, 0) is 151 Å². The summed E-state index contributed by atoms with van der Waals surface area (Å²) in [5, 5.41) is 1.26. The van der Waals surface area contributed by atoms with Gasteiger partial charge in [0, 0.05) is 23.1 Å². The molecule has 1 nitrogen and oxygen atoms in total. The molecule has 1 aliphatic carbocycles. The highest BCUT2D eigenvalue weighted by Crippen LogP contribution is 2.41. The van der Waals surface area contributed by atoms with Crippen molar-refractivity contribution in [3.63, 3.8) is 0 Å². The van der Waals surface area contributed by atoms with Crippen molar-refractivity contribution in [3.8, 4) is 51.4 Å². The van der Waals surface area contributed by atoms with Crippen LogP contribution in [0.3, 0.4) is 0 Å². The van der Waals surface area contributed by atoms with Crippen molar-refractivity contribution >= 4 is 34.7 Å². The average molecular weight is 782 g/mol. The van der Waals surface area contributed by atoms with E-state index in [0.29, 0.717) is 0 Å². The minimum atomic E-state index is 0.755. The Morgan fingerprint density at radius 1 is 0.750 bits per heavy atom. The van der Waals surface area contributed by atoms with Crippen LogP contribution >= 0.6 is 0 Å². The summed E-state index contributed by atoms with van der Waals surface area (Å²) in [4.78, 5) is 0. The molecule has 0 spiro atoms. The van der Waals surface area contributed by atoms with Crippen LogP contribution in [-0.2, 0) is 6.42 Å². The summed E-state index contributed by atoms with van der Waals surface area (Å²) in [7, 11) is 0. The summed E-state index contributed by atoms with van der Waals surface area (Å²) in [6.07, 6.45) is 22.5. The van der Waals surface area contributed by atoms with Crippen molar-refractivity contribution in [2.45, 2.75) is 74.1 Å². The van der Waals surface area contributed by atoms with Gasteiger partial charge in [0.1, 0.15) is 0 Å². The van der Waals surface area contributed by atoms with E-state index < -0.39 is 0 Å². The van der Waals surface area contributed by atoms with Gasteiger partial charge in [-0.1, -0.05) is 159 Å². The van der Waals surface area contributed by atoms with Crippen molar-refractivity contribution in [3.05, 3.63) is 197 Å². The number of nitrogens with zero attached hydrogens (tertiary/aromatic N) is 1. The lowest BCUT2D eigenvalue weighted by Crippen LogP contribution is -1.97. The minimum Gasteiger partial charge on any atom is -0.309 e. The van der Waals surface area contributed by atoms with Gasteiger partial charge in [-0.25, -0.2) is 0 Å². The van der Waals surface area contributed by atoms with Gasteiger partial charge < -0.3 is 4.57 Å². The van der Waals surface area contributed by atoms with Crippen molar-refractivity contribution in [1.82, 2.24) is 4.57 Å². The molecule has 0 saturated carbocycles. The van der Waals surface area contributed by atoms with Gasteiger partial charge in [0.05, 0.1) is 11.2 Å². The van der Waals surface area contributed by atoms with Gasteiger partial charge in [0.2, 0.25) is 0 Å². The molecule has 1 aromatic heterocycles. The van der Waals surface area contributed by atoms with E-state index in [9.17, 15) is 0 Å². The lowest BCUT2D eigenvalue weighted by atomic mass is 9.91. The Kier molecular flexibility index (Phi) is 14.6. The molecule has 0 bridgehead atoms. The molecule has 300 valence electrons. The van der Waals surface area contributed by atoms with Gasteiger partial charge in [0.25, 0.3) is 0 Å². The topological polar surface area (TPSA) is 4.93 Å². The second-order valence-corrected chi connectivity index (χ2v) is 15.2. The summed E-state index contributed by atoms with van der Waals surface area (Å²) < 4.78 is 2.34. The van der Waals surface area contributed by atoms with Crippen LogP contribution in [0.15, 0.2) is 152 Å². The molecule has 1 heteroatoms. The highest BCUT2D eigenvalue weighted by Gasteiger charge is 2.21. The Hall–Kier alpha value is -6.62. The molecule has 0 fully saturated rings. The molecule has 6 aromatic carbocycles. The molecule has 1 heterocycles. The van der Waals surface area contributed by atoms with Gasteiger partial charge >= 0.3 is 0 Å². The molecule has 0 saturated heterocycles. The third kappa shape index (κ3) is 9.31. The van der Waals surface area contributed by atoms with Crippen LogP contribution < -0.4 is 0 Å². The van der Waals surface area contributed by atoms with Crippen molar-refractivity contribution < 1.29 is 0 Å². The fourth-order valence-electron chi connectivity index (χ4n) is 8.24. The number of aryl methyl sites for hydroxylation is 4. The number of hydrogen-bond acceptors (Lipinski definition) is 0. The molecule has 0 aliphatic heterocycles. The third-order valence-electron chi connectivity index (χ3n) is 11.4. The standard InChI is InChI=1S/C40H37N.C17H16.C2H6/c1-7-11-16-30(9-3)31-19-21-32(22-20-31)33-23-25-34(26-24-33)41-37(10-4)36(14-8-2)40-38(41)27-18-29(6)39(40)35-17-13-12-15-28(35)5;1-13-6-8-15(9-7-13)17-11-10-14-4-2-3-5-16(14)12-17;1-2/h1,8-10,12-15,17-27H,4,11,16H2,2-3,5-6H3;3,5-12H,2,4H2,1H3;1-2H3/b14-8-,30-9+;;. The van der Waals surface area contributed by atoms with E-state index in [2.05, 4.69) is 209 Å². The number of benzene rings is 6. The first-order chi connectivity index (χ1) is 29.3. The number of terminal acetylenes is 1. The maximum Gasteiger partial charge on any atom is 0.0547 e. The van der Waals surface area contributed by atoms with E-state index in [0.717, 1.165) is 24.2 Å². The molecule has 1 aliphatic rings. The van der Waals surface area contributed by atoms with Gasteiger partial charge in [-0.2, -0.15) is 0 Å². The third-order valence-corrected chi connectivity index (χ3v) is 11.4. The molecule has 8 rings (SSSR count). The minimum absolute atomic E-state index is 0.755. The lowest BCUT2D eigenvalue weighted by Gasteiger charge is -2.14. The van der Waals surface area contributed by atoms with Crippen LogP contribution in [-0.4, -0.2) is 4.57 Å². The van der Waals surface area contributed by atoms with Crippen molar-refractivity contribution in [2.24, 2.45) is 0 Å². The van der Waals surface area contributed by atoms with Crippen LogP contribution in [0.1, 0.15) is 91.6 Å².